The molecule has 2 aromatic heterocycles. The molecule has 2 N–H and O–H groups in total. The first-order valence-corrected chi connectivity index (χ1v) is 11.0. The molecule has 32 heavy (non-hydrogen) atoms. The standard InChI is InChI=1S/C24H25N3O4S/c1-15-18-12-22(32-24(18)27(26-15)14-16-7-5-4-6-8-16)23(29)25-13-20(28)19-11-17(30-2)9-10-21(19)31-3/h4-12,20,28H,13-14H2,1-3H3,(H,25,29). The first-order valence-electron chi connectivity index (χ1n) is 10.2. The first kappa shape index (κ1) is 21.9. The zero-order valence-corrected chi connectivity index (χ0v) is 19.0. The van der Waals surface area contributed by atoms with Crippen molar-refractivity contribution in [1.29, 1.82) is 0 Å². The predicted molar refractivity (Wildman–Crippen MR) is 125 cm³/mol. The number of aliphatic hydroxyl groups excluding tert-OH is 1. The van der Waals surface area contributed by atoms with Crippen LogP contribution in [0.5, 0.6) is 11.5 Å². The summed E-state index contributed by atoms with van der Waals surface area (Å²) in [5.74, 6) is 0.901. The molecule has 0 saturated heterocycles. The lowest BCUT2D eigenvalue weighted by Gasteiger charge is -2.16. The highest BCUT2D eigenvalue weighted by Crippen LogP contribution is 2.30. The number of thiophene rings is 1. The molecule has 1 unspecified atom stereocenters. The number of carbonyl (C=O) groups excluding carboxylic acids is 1. The maximum atomic E-state index is 12.8. The zero-order chi connectivity index (χ0) is 22.7. The summed E-state index contributed by atoms with van der Waals surface area (Å²) in [5.41, 5.74) is 2.58. The van der Waals surface area contributed by atoms with Gasteiger partial charge in [-0.15, -0.1) is 11.3 Å². The number of hydrogen-bond acceptors (Lipinski definition) is 6. The van der Waals surface area contributed by atoms with Crippen LogP contribution in [0, 0.1) is 6.92 Å². The number of ether oxygens (including phenoxy) is 2. The van der Waals surface area contributed by atoms with E-state index < -0.39 is 6.10 Å². The van der Waals surface area contributed by atoms with Gasteiger partial charge in [0, 0.05) is 17.5 Å². The van der Waals surface area contributed by atoms with Gasteiger partial charge in [-0.1, -0.05) is 30.3 Å². The molecule has 0 radical (unpaired) electrons. The van der Waals surface area contributed by atoms with E-state index in [-0.39, 0.29) is 12.5 Å². The number of methoxy groups -OCH3 is 2. The van der Waals surface area contributed by atoms with Gasteiger partial charge in [-0.2, -0.15) is 5.10 Å². The van der Waals surface area contributed by atoms with Gasteiger partial charge < -0.3 is 19.9 Å². The normalized spacial score (nSPS) is 12.0. The second-order valence-corrected chi connectivity index (χ2v) is 8.42. The monoisotopic (exact) mass is 451 g/mol. The summed E-state index contributed by atoms with van der Waals surface area (Å²) in [7, 11) is 3.09. The van der Waals surface area contributed by atoms with Crippen molar-refractivity contribution in [2.75, 3.05) is 20.8 Å². The van der Waals surface area contributed by atoms with Crippen molar-refractivity contribution >= 4 is 27.5 Å². The van der Waals surface area contributed by atoms with Crippen LogP contribution in [0.15, 0.2) is 54.6 Å². The van der Waals surface area contributed by atoms with Gasteiger partial charge in [-0.25, -0.2) is 0 Å². The number of aliphatic hydroxyl groups is 1. The van der Waals surface area contributed by atoms with Gasteiger partial charge >= 0.3 is 0 Å². The minimum absolute atomic E-state index is 0.0473. The van der Waals surface area contributed by atoms with E-state index in [1.165, 1.54) is 18.4 Å². The smallest absolute Gasteiger partial charge is 0.261 e. The van der Waals surface area contributed by atoms with Crippen molar-refractivity contribution in [1.82, 2.24) is 15.1 Å². The van der Waals surface area contributed by atoms with Crippen molar-refractivity contribution in [2.24, 2.45) is 0 Å². The number of nitrogens with one attached hydrogen (secondary N) is 1. The fraction of sp³-hybridized carbons (Fsp3) is 0.250. The van der Waals surface area contributed by atoms with Crippen molar-refractivity contribution in [2.45, 2.75) is 19.6 Å². The Morgan fingerprint density at radius 3 is 2.66 bits per heavy atom. The Morgan fingerprint density at radius 1 is 1.16 bits per heavy atom. The molecule has 0 saturated carbocycles. The Balaban J connectivity index is 1.49. The van der Waals surface area contributed by atoms with E-state index in [4.69, 9.17) is 9.47 Å². The van der Waals surface area contributed by atoms with Gasteiger partial charge in [-0.3, -0.25) is 9.48 Å². The third-order valence-electron chi connectivity index (χ3n) is 5.26. The summed E-state index contributed by atoms with van der Waals surface area (Å²) < 4.78 is 12.5. The predicted octanol–water partition coefficient (Wildman–Crippen LogP) is 3.94. The fourth-order valence-corrected chi connectivity index (χ4v) is 4.65. The van der Waals surface area contributed by atoms with Gasteiger partial charge in [0.15, 0.2) is 0 Å². The number of aromatic nitrogens is 2. The number of benzene rings is 2. The molecule has 4 rings (SSSR count). The number of hydrogen-bond donors (Lipinski definition) is 2. The number of nitrogens with zero attached hydrogens (tertiary/aromatic N) is 2. The molecule has 166 valence electrons. The van der Waals surface area contributed by atoms with Crippen LogP contribution >= 0.6 is 11.3 Å². The third-order valence-corrected chi connectivity index (χ3v) is 6.41. The Kier molecular flexibility index (Phi) is 6.43. The van der Waals surface area contributed by atoms with Gasteiger partial charge in [0.1, 0.15) is 22.4 Å². The molecule has 4 aromatic rings. The van der Waals surface area contributed by atoms with Crippen LogP contribution in [0.25, 0.3) is 10.2 Å². The second-order valence-electron chi connectivity index (χ2n) is 7.39. The maximum Gasteiger partial charge on any atom is 0.261 e. The minimum Gasteiger partial charge on any atom is -0.497 e. The number of aryl methyl sites for hydroxylation is 1. The number of rotatable bonds is 8. The average molecular weight is 452 g/mol. The molecule has 2 aromatic carbocycles. The second kappa shape index (κ2) is 9.42. The van der Waals surface area contributed by atoms with Crippen LogP contribution in [0.1, 0.15) is 32.6 Å². The Labute approximate surface area is 190 Å². The van der Waals surface area contributed by atoms with Gasteiger partial charge in [0.25, 0.3) is 5.91 Å². The van der Waals surface area contributed by atoms with Crippen LogP contribution in [0.2, 0.25) is 0 Å². The molecule has 0 bridgehead atoms. The lowest BCUT2D eigenvalue weighted by molar-refractivity contribution is 0.0918. The van der Waals surface area contributed by atoms with Crippen molar-refractivity contribution < 1.29 is 19.4 Å². The highest BCUT2D eigenvalue weighted by atomic mass is 32.1. The molecule has 0 aliphatic heterocycles. The molecule has 0 fully saturated rings. The lowest BCUT2D eigenvalue weighted by atomic mass is 10.1. The zero-order valence-electron chi connectivity index (χ0n) is 18.2. The van der Waals surface area contributed by atoms with E-state index in [1.807, 2.05) is 35.9 Å². The number of carbonyl (C=O) groups is 1. The highest BCUT2D eigenvalue weighted by molar-refractivity contribution is 7.20. The maximum absolute atomic E-state index is 12.8. The largest absolute Gasteiger partial charge is 0.497 e. The Bertz CT molecular complexity index is 1230. The lowest BCUT2D eigenvalue weighted by Crippen LogP contribution is -2.28. The van der Waals surface area contributed by atoms with Gasteiger partial charge in [0.05, 0.1) is 31.3 Å². The highest BCUT2D eigenvalue weighted by Gasteiger charge is 2.19. The number of amides is 1. The van der Waals surface area contributed by atoms with E-state index in [9.17, 15) is 9.90 Å². The molecule has 0 aliphatic carbocycles. The van der Waals surface area contributed by atoms with Crippen LogP contribution in [-0.4, -0.2) is 41.6 Å². The molecule has 2 heterocycles. The van der Waals surface area contributed by atoms with Gasteiger partial charge in [-0.05, 0) is 36.8 Å². The molecular formula is C24H25N3O4S. The third kappa shape index (κ3) is 4.46. The molecule has 1 amide bonds. The van der Waals surface area contributed by atoms with E-state index in [1.54, 1.807) is 25.3 Å². The average Bonchev–Trinajstić information content (AvgIpc) is 3.38. The topological polar surface area (TPSA) is 85.6 Å². The molecule has 8 heteroatoms. The van der Waals surface area contributed by atoms with Crippen LogP contribution in [0.3, 0.4) is 0 Å². The fourth-order valence-electron chi connectivity index (χ4n) is 3.57. The summed E-state index contributed by atoms with van der Waals surface area (Å²) in [5, 5.41) is 19.0. The van der Waals surface area contributed by atoms with E-state index in [2.05, 4.69) is 22.5 Å². The molecule has 0 spiro atoms. The summed E-state index contributed by atoms with van der Waals surface area (Å²) in [4.78, 5) is 14.3. The quantitative estimate of drug-likeness (QED) is 0.424. The minimum atomic E-state index is -0.936. The number of fused-ring (bicyclic) bond motifs is 1. The molecular weight excluding hydrogens is 426 g/mol. The molecule has 7 nitrogen and oxygen atoms in total. The summed E-state index contributed by atoms with van der Waals surface area (Å²) in [6.45, 7) is 2.63. The molecule has 0 aliphatic rings. The van der Waals surface area contributed by atoms with Crippen LogP contribution < -0.4 is 14.8 Å². The van der Waals surface area contributed by atoms with Crippen LogP contribution in [-0.2, 0) is 6.54 Å². The molecule has 1 atom stereocenters. The Morgan fingerprint density at radius 2 is 1.94 bits per heavy atom. The summed E-state index contributed by atoms with van der Waals surface area (Å²) in [6.07, 6.45) is -0.936. The van der Waals surface area contributed by atoms with E-state index in [0.717, 1.165) is 21.5 Å². The van der Waals surface area contributed by atoms with Crippen molar-refractivity contribution in [3.05, 3.63) is 76.3 Å². The van der Waals surface area contributed by atoms with Crippen molar-refractivity contribution in [3.8, 4) is 11.5 Å². The van der Waals surface area contributed by atoms with Crippen molar-refractivity contribution in [3.63, 3.8) is 0 Å². The first-order chi connectivity index (χ1) is 15.5. The SMILES string of the molecule is COc1ccc(OC)c(C(O)CNC(=O)c2cc3c(C)nn(Cc4ccccc4)c3s2)c1. The Hall–Kier alpha value is -3.36. The van der Waals surface area contributed by atoms with Crippen LogP contribution in [0.4, 0.5) is 0 Å². The van der Waals surface area contributed by atoms with E-state index in [0.29, 0.717) is 28.5 Å². The summed E-state index contributed by atoms with van der Waals surface area (Å²) >= 11 is 1.40. The van der Waals surface area contributed by atoms with E-state index >= 15 is 0 Å². The van der Waals surface area contributed by atoms with Gasteiger partial charge in [0.2, 0.25) is 0 Å². The summed E-state index contributed by atoms with van der Waals surface area (Å²) in [6, 6.07) is 17.1.